The second kappa shape index (κ2) is 4.99. The van der Waals surface area contributed by atoms with E-state index in [4.69, 9.17) is 9.84 Å². The Morgan fingerprint density at radius 3 is 2.70 bits per heavy atom. The van der Waals surface area contributed by atoms with Gasteiger partial charge in [0.2, 0.25) is 0 Å². The molecule has 0 bridgehead atoms. The summed E-state index contributed by atoms with van der Waals surface area (Å²) in [7, 11) is 0. The summed E-state index contributed by atoms with van der Waals surface area (Å²) < 4.78 is 4.93. The Bertz CT molecular complexity index is 129. The van der Waals surface area contributed by atoms with E-state index >= 15 is 0 Å². The average Bonchev–Trinajstić information content (AvgIpc) is 1.88. The van der Waals surface area contributed by atoms with Crippen LogP contribution in [0.1, 0.15) is 13.3 Å². The van der Waals surface area contributed by atoms with Gasteiger partial charge >= 0.3 is 5.97 Å². The molecule has 0 aromatic carbocycles. The lowest BCUT2D eigenvalue weighted by Crippen LogP contribution is -2.06. The normalized spacial score (nSPS) is 9.30. The highest BCUT2D eigenvalue weighted by atomic mass is 16.5. The van der Waals surface area contributed by atoms with Gasteiger partial charge in [-0.05, 0) is 6.42 Å². The predicted octanol–water partition coefficient (Wildman–Crippen LogP) is 1.05. The Balaban J connectivity index is 3.31. The lowest BCUT2D eigenvalue weighted by molar-refractivity contribution is -0.133. The zero-order chi connectivity index (χ0) is 7.98. The van der Waals surface area contributed by atoms with Gasteiger partial charge in [0.25, 0.3) is 0 Å². The second-order valence-corrected chi connectivity index (χ2v) is 1.96. The van der Waals surface area contributed by atoms with E-state index in [-0.39, 0.29) is 12.2 Å². The fraction of sp³-hybridized carbons (Fsp3) is 0.571. The molecule has 0 aliphatic heterocycles. The molecule has 0 amide bonds. The van der Waals surface area contributed by atoms with Gasteiger partial charge in [-0.1, -0.05) is 13.5 Å². The van der Waals surface area contributed by atoms with Crippen LogP contribution in [0.3, 0.4) is 0 Å². The molecule has 0 aliphatic rings. The maximum Gasteiger partial charge on any atom is 0.333 e. The van der Waals surface area contributed by atoms with E-state index in [0.717, 1.165) is 6.42 Å². The molecule has 0 spiro atoms. The third kappa shape index (κ3) is 4.09. The highest BCUT2D eigenvalue weighted by Gasteiger charge is 2.01. The van der Waals surface area contributed by atoms with Crippen LogP contribution in [-0.2, 0) is 9.53 Å². The van der Waals surface area contributed by atoms with E-state index in [2.05, 4.69) is 6.58 Å². The molecule has 0 aromatic heterocycles. The first-order chi connectivity index (χ1) is 4.68. The number of carboxylic acid groups (broad SMARTS) is 1. The Morgan fingerprint density at radius 2 is 2.30 bits per heavy atom. The van der Waals surface area contributed by atoms with Crippen LogP contribution in [0.2, 0.25) is 0 Å². The van der Waals surface area contributed by atoms with Gasteiger partial charge in [0.1, 0.15) is 0 Å². The summed E-state index contributed by atoms with van der Waals surface area (Å²) in [4.78, 5) is 10.1. The molecule has 0 aromatic rings. The number of hydrogen-bond acceptors (Lipinski definition) is 2. The van der Waals surface area contributed by atoms with Gasteiger partial charge in [0.05, 0.1) is 12.2 Å². The van der Waals surface area contributed by atoms with Crippen molar-refractivity contribution < 1.29 is 14.6 Å². The van der Waals surface area contributed by atoms with Crippen molar-refractivity contribution in [2.75, 3.05) is 13.2 Å². The first-order valence-electron chi connectivity index (χ1n) is 3.17. The van der Waals surface area contributed by atoms with Gasteiger partial charge in [-0.15, -0.1) is 0 Å². The third-order valence-electron chi connectivity index (χ3n) is 0.927. The smallest absolute Gasteiger partial charge is 0.333 e. The number of carbonyl (C=O) groups is 1. The maximum atomic E-state index is 10.1. The largest absolute Gasteiger partial charge is 0.478 e. The van der Waals surface area contributed by atoms with Crippen molar-refractivity contribution in [1.29, 1.82) is 0 Å². The quantitative estimate of drug-likeness (QED) is 0.463. The molecule has 0 radical (unpaired) electrons. The molecule has 58 valence electrons. The molecule has 3 heteroatoms. The van der Waals surface area contributed by atoms with E-state index in [1.807, 2.05) is 6.92 Å². The molecule has 0 fully saturated rings. The number of rotatable bonds is 5. The number of aliphatic carboxylic acids is 1. The Labute approximate surface area is 60.3 Å². The fourth-order valence-corrected chi connectivity index (χ4v) is 0.401. The summed E-state index contributed by atoms with van der Waals surface area (Å²) in [6.07, 6.45) is 0.896. The van der Waals surface area contributed by atoms with Gasteiger partial charge in [0.15, 0.2) is 0 Å². The van der Waals surface area contributed by atoms with Gasteiger partial charge in [-0.25, -0.2) is 4.79 Å². The SMILES string of the molecule is C=C(COCCC)C(=O)O. The van der Waals surface area contributed by atoms with Crippen molar-refractivity contribution in [1.82, 2.24) is 0 Å². The van der Waals surface area contributed by atoms with Crippen LogP contribution in [0.4, 0.5) is 0 Å². The molecule has 0 heterocycles. The minimum atomic E-state index is -0.990. The minimum absolute atomic E-state index is 0.105. The van der Waals surface area contributed by atoms with Crippen molar-refractivity contribution in [3.05, 3.63) is 12.2 Å². The molecule has 1 N–H and O–H groups in total. The van der Waals surface area contributed by atoms with Crippen molar-refractivity contribution in [2.24, 2.45) is 0 Å². The topological polar surface area (TPSA) is 46.5 Å². The van der Waals surface area contributed by atoms with Crippen LogP contribution in [0.15, 0.2) is 12.2 Å². The molecule has 0 saturated carbocycles. The lowest BCUT2D eigenvalue weighted by atomic mass is 10.3. The molecular formula is C7H12O3. The van der Waals surface area contributed by atoms with Crippen LogP contribution in [0.25, 0.3) is 0 Å². The van der Waals surface area contributed by atoms with Crippen molar-refractivity contribution in [3.63, 3.8) is 0 Å². The average molecular weight is 144 g/mol. The van der Waals surface area contributed by atoms with Crippen molar-refractivity contribution >= 4 is 5.97 Å². The molecular weight excluding hydrogens is 132 g/mol. The summed E-state index contributed by atoms with van der Waals surface area (Å²) >= 11 is 0. The predicted molar refractivity (Wildman–Crippen MR) is 37.9 cm³/mol. The van der Waals surface area contributed by atoms with Gasteiger partial charge < -0.3 is 9.84 Å². The molecule has 0 saturated heterocycles. The second-order valence-electron chi connectivity index (χ2n) is 1.96. The monoisotopic (exact) mass is 144 g/mol. The van der Waals surface area contributed by atoms with Crippen LogP contribution in [0, 0.1) is 0 Å². The zero-order valence-electron chi connectivity index (χ0n) is 6.09. The van der Waals surface area contributed by atoms with E-state index in [9.17, 15) is 4.79 Å². The fourth-order valence-electron chi connectivity index (χ4n) is 0.401. The highest BCUT2D eigenvalue weighted by Crippen LogP contribution is 1.91. The van der Waals surface area contributed by atoms with E-state index in [1.54, 1.807) is 0 Å². The summed E-state index contributed by atoms with van der Waals surface area (Å²) in [6.45, 7) is 5.98. The van der Waals surface area contributed by atoms with Gasteiger partial charge in [-0.3, -0.25) is 0 Å². The Morgan fingerprint density at radius 1 is 1.70 bits per heavy atom. The zero-order valence-corrected chi connectivity index (χ0v) is 6.09. The standard InChI is InChI=1S/C7H12O3/c1-3-4-10-5-6(2)7(8)9/h2-5H2,1H3,(H,8,9). The molecule has 0 atom stereocenters. The van der Waals surface area contributed by atoms with Crippen LogP contribution < -0.4 is 0 Å². The summed E-state index contributed by atoms with van der Waals surface area (Å²) in [5, 5.41) is 8.30. The number of carboxylic acids is 1. The van der Waals surface area contributed by atoms with Crippen LogP contribution in [-0.4, -0.2) is 24.3 Å². The first kappa shape index (κ1) is 9.17. The highest BCUT2D eigenvalue weighted by molar-refractivity contribution is 5.85. The lowest BCUT2D eigenvalue weighted by Gasteiger charge is -1.99. The summed E-state index contributed by atoms with van der Waals surface area (Å²) in [6, 6.07) is 0. The van der Waals surface area contributed by atoms with E-state index in [1.165, 1.54) is 0 Å². The Kier molecular flexibility index (Phi) is 4.58. The molecule has 10 heavy (non-hydrogen) atoms. The molecule has 0 aliphatic carbocycles. The Hall–Kier alpha value is -0.830. The summed E-state index contributed by atoms with van der Waals surface area (Å²) in [5.74, 6) is -0.990. The van der Waals surface area contributed by atoms with Gasteiger partial charge in [-0.2, -0.15) is 0 Å². The molecule has 0 rings (SSSR count). The first-order valence-corrected chi connectivity index (χ1v) is 3.17. The van der Waals surface area contributed by atoms with E-state index < -0.39 is 5.97 Å². The van der Waals surface area contributed by atoms with Crippen molar-refractivity contribution in [3.8, 4) is 0 Å². The molecule has 3 nitrogen and oxygen atoms in total. The number of hydrogen-bond donors (Lipinski definition) is 1. The van der Waals surface area contributed by atoms with Crippen LogP contribution >= 0.6 is 0 Å². The maximum absolute atomic E-state index is 10.1. The third-order valence-corrected chi connectivity index (χ3v) is 0.927. The van der Waals surface area contributed by atoms with Gasteiger partial charge in [0, 0.05) is 6.61 Å². The number of ether oxygens (including phenoxy) is 1. The van der Waals surface area contributed by atoms with E-state index in [0.29, 0.717) is 6.61 Å². The van der Waals surface area contributed by atoms with Crippen LogP contribution in [0.5, 0.6) is 0 Å². The minimum Gasteiger partial charge on any atom is -0.478 e. The van der Waals surface area contributed by atoms with Crippen molar-refractivity contribution in [2.45, 2.75) is 13.3 Å². The summed E-state index contributed by atoms with van der Waals surface area (Å²) in [5.41, 5.74) is 0.105. The molecule has 0 unspecified atom stereocenters.